The van der Waals surface area contributed by atoms with Crippen LogP contribution in [0.25, 0.3) is 0 Å². The monoisotopic (exact) mass is 246 g/mol. The fraction of sp³-hybridized carbons (Fsp3) is 0.364. The van der Waals surface area contributed by atoms with Gasteiger partial charge in [0.2, 0.25) is 0 Å². The van der Waals surface area contributed by atoms with Gasteiger partial charge in [0.15, 0.2) is 0 Å². The highest BCUT2D eigenvalue weighted by Crippen LogP contribution is 2.30. The fourth-order valence-electron chi connectivity index (χ4n) is 1.32. The molecule has 1 aromatic carbocycles. The van der Waals surface area contributed by atoms with E-state index in [-0.39, 0.29) is 15.6 Å². The van der Waals surface area contributed by atoms with Gasteiger partial charge in [-0.3, -0.25) is 0 Å². The number of halogens is 2. The number of benzene rings is 1. The molecule has 4 heteroatoms. The Kier molecular flexibility index (Phi) is 4.00. The van der Waals surface area contributed by atoms with Crippen molar-refractivity contribution in [3.05, 3.63) is 33.3 Å². The van der Waals surface area contributed by atoms with Crippen LogP contribution in [0.3, 0.4) is 0 Å². The normalized spacial score (nSPS) is 12.5. The van der Waals surface area contributed by atoms with Crippen LogP contribution in [0.1, 0.15) is 42.1 Å². The highest BCUT2D eigenvalue weighted by molar-refractivity contribution is 6.39. The SMILES string of the molecule is CCC(C)c1cc(Cl)c(C(=O)O)c(Cl)c1. The van der Waals surface area contributed by atoms with Gasteiger partial charge in [0.25, 0.3) is 0 Å². The highest BCUT2D eigenvalue weighted by Gasteiger charge is 2.16. The summed E-state index contributed by atoms with van der Waals surface area (Å²) >= 11 is 11.7. The first kappa shape index (κ1) is 12.3. The number of hydrogen-bond donors (Lipinski definition) is 1. The van der Waals surface area contributed by atoms with Gasteiger partial charge in [0, 0.05) is 0 Å². The van der Waals surface area contributed by atoms with Crippen LogP contribution in [0, 0.1) is 0 Å². The second-order valence-electron chi connectivity index (χ2n) is 3.47. The van der Waals surface area contributed by atoms with Crippen molar-refractivity contribution >= 4 is 29.2 Å². The van der Waals surface area contributed by atoms with E-state index in [0.717, 1.165) is 12.0 Å². The van der Waals surface area contributed by atoms with Crippen LogP contribution in [0.15, 0.2) is 12.1 Å². The third-order valence-electron chi connectivity index (χ3n) is 2.46. The molecule has 0 heterocycles. The van der Waals surface area contributed by atoms with Crippen molar-refractivity contribution in [3.63, 3.8) is 0 Å². The van der Waals surface area contributed by atoms with E-state index >= 15 is 0 Å². The van der Waals surface area contributed by atoms with E-state index in [0.29, 0.717) is 5.92 Å². The van der Waals surface area contributed by atoms with Crippen LogP contribution in [-0.4, -0.2) is 11.1 Å². The van der Waals surface area contributed by atoms with E-state index in [2.05, 4.69) is 6.92 Å². The molecule has 1 aromatic rings. The Morgan fingerprint density at radius 3 is 2.20 bits per heavy atom. The first-order chi connectivity index (χ1) is 6.97. The van der Waals surface area contributed by atoms with E-state index in [4.69, 9.17) is 28.3 Å². The molecule has 1 atom stereocenters. The van der Waals surface area contributed by atoms with Crippen LogP contribution < -0.4 is 0 Å². The molecule has 0 saturated carbocycles. The third-order valence-corrected chi connectivity index (χ3v) is 3.06. The molecule has 1 rings (SSSR count). The molecule has 2 nitrogen and oxygen atoms in total. The molecule has 0 aromatic heterocycles. The van der Waals surface area contributed by atoms with Crippen LogP contribution >= 0.6 is 23.2 Å². The molecule has 0 bridgehead atoms. The lowest BCUT2D eigenvalue weighted by Gasteiger charge is -2.11. The van der Waals surface area contributed by atoms with E-state index in [1.807, 2.05) is 6.92 Å². The molecule has 0 fully saturated rings. The first-order valence-electron chi connectivity index (χ1n) is 4.69. The zero-order valence-electron chi connectivity index (χ0n) is 8.55. The smallest absolute Gasteiger partial charge is 0.338 e. The molecule has 0 spiro atoms. The van der Waals surface area contributed by atoms with Crippen molar-refractivity contribution in [1.29, 1.82) is 0 Å². The maximum absolute atomic E-state index is 10.8. The Bertz CT molecular complexity index is 365. The van der Waals surface area contributed by atoms with Gasteiger partial charge < -0.3 is 5.11 Å². The minimum atomic E-state index is -1.10. The maximum Gasteiger partial charge on any atom is 0.338 e. The van der Waals surface area contributed by atoms with Gasteiger partial charge >= 0.3 is 5.97 Å². The average molecular weight is 247 g/mol. The molecule has 1 unspecified atom stereocenters. The standard InChI is InChI=1S/C11H12Cl2O2/c1-3-6(2)7-4-8(12)10(11(14)15)9(13)5-7/h4-6H,3H2,1-2H3,(H,14,15). The Morgan fingerprint density at radius 1 is 1.40 bits per heavy atom. The predicted molar refractivity (Wildman–Crippen MR) is 62.1 cm³/mol. The van der Waals surface area contributed by atoms with Gasteiger partial charge in [-0.1, -0.05) is 37.0 Å². The second kappa shape index (κ2) is 4.86. The Balaban J connectivity index is 3.25. The zero-order valence-corrected chi connectivity index (χ0v) is 10.1. The van der Waals surface area contributed by atoms with E-state index < -0.39 is 5.97 Å². The van der Waals surface area contributed by atoms with Crippen molar-refractivity contribution < 1.29 is 9.90 Å². The lowest BCUT2D eigenvalue weighted by Crippen LogP contribution is -2.01. The number of carboxylic acid groups (broad SMARTS) is 1. The predicted octanol–water partition coefficient (Wildman–Crippen LogP) is 4.21. The minimum absolute atomic E-state index is 0.0228. The van der Waals surface area contributed by atoms with Crippen LogP contribution in [0.2, 0.25) is 10.0 Å². The van der Waals surface area contributed by atoms with Gasteiger partial charge in [0.05, 0.1) is 15.6 Å². The topological polar surface area (TPSA) is 37.3 Å². The maximum atomic E-state index is 10.8. The largest absolute Gasteiger partial charge is 0.478 e. The van der Waals surface area contributed by atoms with Gasteiger partial charge in [-0.05, 0) is 30.0 Å². The summed E-state index contributed by atoms with van der Waals surface area (Å²) in [5, 5.41) is 9.26. The molecular formula is C11H12Cl2O2. The molecular weight excluding hydrogens is 235 g/mol. The number of carbonyl (C=O) groups is 1. The van der Waals surface area contributed by atoms with Crippen molar-refractivity contribution in [2.24, 2.45) is 0 Å². The lowest BCUT2D eigenvalue weighted by atomic mass is 9.97. The summed E-state index contributed by atoms with van der Waals surface area (Å²) in [6.45, 7) is 4.10. The minimum Gasteiger partial charge on any atom is -0.478 e. The summed E-state index contributed by atoms with van der Waals surface area (Å²) in [7, 11) is 0. The zero-order chi connectivity index (χ0) is 11.6. The summed E-state index contributed by atoms with van der Waals surface area (Å²) < 4.78 is 0. The number of carboxylic acids is 1. The fourth-order valence-corrected chi connectivity index (χ4v) is 1.98. The summed E-state index contributed by atoms with van der Waals surface area (Å²) in [6, 6.07) is 3.34. The summed E-state index contributed by atoms with van der Waals surface area (Å²) in [6.07, 6.45) is 0.957. The van der Waals surface area contributed by atoms with Crippen molar-refractivity contribution in [3.8, 4) is 0 Å². The Morgan fingerprint density at radius 2 is 1.87 bits per heavy atom. The molecule has 0 amide bonds. The van der Waals surface area contributed by atoms with Crippen molar-refractivity contribution in [2.75, 3.05) is 0 Å². The first-order valence-corrected chi connectivity index (χ1v) is 5.45. The number of hydrogen-bond acceptors (Lipinski definition) is 1. The van der Waals surface area contributed by atoms with Crippen LogP contribution in [0.4, 0.5) is 0 Å². The molecule has 0 aliphatic heterocycles. The van der Waals surface area contributed by atoms with Gasteiger partial charge in [-0.2, -0.15) is 0 Å². The molecule has 0 aliphatic rings. The quantitative estimate of drug-likeness (QED) is 0.868. The molecule has 82 valence electrons. The average Bonchev–Trinajstić information content (AvgIpc) is 2.14. The molecule has 0 saturated heterocycles. The van der Waals surface area contributed by atoms with Gasteiger partial charge in [-0.15, -0.1) is 0 Å². The van der Waals surface area contributed by atoms with Gasteiger partial charge in [0.1, 0.15) is 0 Å². The summed E-state index contributed by atoms with van der Waals surface area (Å²) in [5.74, 6) is -0.774. The molecule has 0 radical (unpaired) electrons. The highest BCUT2D eigenvalue weighted by atomic mass is 35.5. The third kappa shape index (κ3) is 2.64. The summed E-state index contributed by atoms with van der Waals surface area (Å²) in [5.41, 5.74) is 0.947. The second-order valence-corrected chi connectivity index (χ2v) is 4.29. The number of aromatic carboxylic acids is 1. The molecule has 1 N–H and O–H groups in total. The lowest BCUT2D eigenvalue weighted by molar-refractivity contribution is 0.0697. The molecule has 0 aliphatic carbocycles. The molecule has 15 heavy (non-hydrogen) atoms. The summed E-state index contributed by atoms with van der Waals surface area (Å²) in [4.78, 5) is 10.8. The Labute approximate surface area is 98.8 Å². The van der Waals surface area contributed by atoms with Crippen LogP contribution in [-0.2, 0) is 0 Å². The van der Waals surface area contributed by atoms with E-state index in [9.17, 15) is 4.79 Å². The van der Waals surface area contributed by atoms with Crippen molar-refractivity contribution in [2.45, 2.75) is 26.2 Å². The van der Waals surface area contributed by atoms with Crippen LogP contribution in [0.5, 0.6) is 0 Å². The van der Waals surface area contributed by atoms with Crippen molar-refractivity contribution in [1.82, 2.24) is 0 Å². The Hall–Kier alpha value is -0.730. The van der Waals surface area contributed by atoms with E-state index in [1.54, 1.807) is 12.1 Å². The van der Waals surface area contributed by atoms with Gasteiger partial charge in [-0.25, -0.2) is 4.79 Å². The number of rotatable bonds is 3. The van der Waals surface area contributed by atoms with E-state index in [1.165, 1.54) is 0 Å².